The Bertz CT molecular complexity index is 1080. The van der Waals surface area contributed by atoms with E-state index in [1.807, 2.05) is 18.2 Å². The molecule has 0 saturated carbocycles. The smallest absolute Gasteiger partial charge is 0.161 e. The van der Waals surface area contributed by atoms with Gasteiger partial charge < -0.3 is 25.2 Å². The van der Waals surface area contributed by atoms with E-state index >= 15 is 0 Å². The van der Waals surface area contributed by atoms with E-state index in [-0.39, 0.29) is 0 Å². The van der Waals surface area contributed by atoms with Gasteiger partial charge in [-0.15, -0.1) is 0 Å². The number of anilines is 2. The summed E-state index contributed by atoms with van der Waals surface area (Å²) in [5.74, 6) is 3.35. The van der Waals surface area contributed by atoms with E-state index in [9.17, 15) is 0 Å². The Labute approximate surface area is 212 Å². The third kappa shape index (κ3) is 7.71. The number of aromatic nitrogens is 2. The van der Waals surface area contributed by atoms with Gasteiger partial charge in [0.1, 0.15) is 5.82 Å². The number of nitrogens with one attached hydrogen (secondary N) is 2. The van der Waals surface area contributed by atoms with Gasteiger partial charge in [-0.1, -0.05) is 24.8 Å². The summed E-state index contributed by atoms with van der Waals surface area (Å²) >= 11 is 1.23. The molecule has 7 nitrogen and oxygen atoms in total. The Kier molecular flexibility index (Phi) is 9.00. The standard InChI is InChI=1S/C27H34N6OS/c1-21(28-13-14-32(2)3)29-23-11-9-22(10-12-23)27-30-24(20-35-25-7-5-4-6-8-25)19-26(31-27)33-15-17-34-18-16-33/h4-12,19,28-29H,1,13-18,20H2,2-3H3/p+1. The minimum absolute atomic E-state index is 0.726. The molecule has 184 valence electrons. The molecule has 1 aromatic heterocycles. The van der Waals surface area contributed by atoms with E-state index in [1.54, 1.807) is 0 Å². The SMILES string of the molecule is C=C(NCCN(C)C)Nc1ccc(-c2nc(C[SH+]c3ccccc3)cc(N3CCOCC3)n2)cc1. The van der Waals surface area contributed by atoms with E-state index in [1.165, 1.54) is 16.7 Å². The third-order valence-electron chi connectivity index (χ3n) is 5.62. The van der Waals surface area contributed by atoms with Crippen molar-refractivity contribution in [2.45, 2.75) is 10.6 Å². The second-order valence-corrected chi connectivity index (χ2v) is 9.85. The zero-order valence-corrected chi connectivity index (χ0v) is 21.5. The van der Waals surface area contributed by atoms with Gasteiger partial charge in [0.2, 0.25) is 0 Å². The van der Waals surface area contributed by atoms with Gasteiger partial charge in [0.15, 0.2) is 16.5 Å². The van der Waals surface area contributed by atoms with Gasteiger partial charge in [-0.25, -0.2) is 9.97 Å². The van der Waals surface area contributed by atoms with Crippen molar-refractivity contribution in [3.05, 3.63) is 78.8 Å². The summed E-state index contributed by atoms with van der Waals surface area (Å²) in [5.41, 5.74) is 3.01. The van der Waals surface area contributed by atoms with Gasteiger partial charge in [-0.2, -0.15) is 0 Å². The zero-order valence-electron chi connectivity index (χ0n) is 20.6. The van der Waals surface area contributed by atoms with Crippen LogP contribution >= 0.6 is 0 Å². The van der Waals surface area contributed by atoms with Gasteiger partial charge in [0.25, 0.3) is 0 Å². The highest BCUT2D eigenvalue weighted by atomic mass is 32.2. The molecular weight excluding hydrogens is 456 g/mol. The van der Waals surface area contributed by atoms with E-state index in [4.69, 9.17) is 14.7 Å². The van der Waals surface area contributed by atoms with Crippen molar-refractivity contribution in [1.29, 1.82) is 0 Å². The molecule has 35 heavy (non-hydrogen) atoms. The number of morpholine rings is 1. The maximum Gasteiger partial charge on any atom is 0.161 e. The fraction of sp³-hybridized carbons (Fsp3) is 0.333. The highest BCUT2D eigenvalue weighted by Crippen LogP contribution is 2.24. The molecule has 1 aliphatic heterocycles. The summed E-state index contributed by atoms with van der Waals surface area (Å²) in [7, 11) is 4.11. The van der Waals surface area contributed by atoms with Crippen LogP contribution in [-0.2, 0) is 22.3 Å². The quantitative estimate of drug-likeness (QED) is 0.315. The van der Waals surface area contributed by atoms with Crippen molar-refractivity contribution >= 4 is 23.3 Å². The van der Waals surface area contributed by atoms with Crippen molar-refractivity contribution in [3.63, 3.8) is 0 Å². The van der Waals surface area contributed by atoms with Gasteiger partial charge in [-0.05, 0) is 50.5 Å². The molecule has 8 heteroatoms. The van der Waals surface area contributed by atoms with Gasteiger partial charge in [0, 0.05) is 55.3 Å². The summed E-state index contributed by atoms with van der Waals surface area (Å²) in [6.07, 6.45) is 0. The summed E-state index contributed by atoms with van der Waals surface area (Å²) in [4.78, 5) is 15.6. The molecule has 0 atom stereocenters. The maximum atomic E-state index is 5.54. The van der Waals surface area contributed by atoms with Gasteiger partial charge in [0.05, 0.1) is 24.7 Å². The van der Waals surface area contributed by atoms with E-state index < -0.39 is 0 Å². The van der Waals surface area contributed by atoms with Crippen LogP contribution in [0.4, 0.5) is 11.5 Å². The van der Waals surface area contributed by atoms with E-state index in [0.717, 1.165) is 79.6 Å². The molecule has 2 heterocycles. The normalized spacial score (nSPS) is 13.6. The number of ether oxygens (including phenoxy) is 1. The van der Waals surface area contributed by atoms with Gasteiger partial charge >= 0.3 is 0 Å². The van der Waals surface area contributed by atoms with Gasteiger partial charge in [-0.3, -0.25) is 0 Å². The third-order valence-corrected chi connectivity index (χ3v) is 6.76. The molecule has 4 rings (SSSR count). The Morgan fingerprint density at radius 2 is 1.80 bits per heavy atom. The molecule has 2 N–H and O–H groups in total. The maximum absolute atomic E-state index is 5.54. The van der Waals surface area contributed by atoms with Crippen molar-refractivity contribution in [2.24, 2.45) is 0 Å². The summed E-state index contributed by atoms with van der Waals surface area (Å²) in [5, 5.41) is 6.62. The van der Waals surface area contributed by atoms with Crippen LogP contribution in [0.5, 0.6) is 0 Å². The molecule has 0 unspecified atom stereocenters. The van der Waals surface area contributed by atoms with Crippen molar-refractivity contribution in [2.75, 3.05) is 63.7 Å². The van der Waals surface area contributed by atoms with E-state index in [2.05, 4.69) is 83.6 Å². The number of likely N-dealkylation sites (N-methyl/N-ethyl adjacent to an activating group) is 1. The molecule has 3 aromatic rings. The molecule has 0 aliphatic carbocycles. The number of rotatable bonds is 11. The molecule has 0 bridgehead atoms. The van der Waals surface area contributed by atoms with Crippen molar-refractivity contribution < 1.29 is 4.74 Å². The average molecular weight is 492 g/mol. The lowest BCUT2D eigenvalue weighted by Gasteiger charge is -2.28. The number of benzene rings is 2. The summed E-state index contributed by atoms with van der Waals surface area (Å²) in [6.45, 7) is 8.99. The molecule has 0 radical (unpaired) electrons. The number of nitrogens with zero attached hydrogens (tertiary/aromatic N) is 4. The lowest BCUT2D eigenvalue weighted by Crippen LogP contribution is -2.37. The van der Waals surface area contributed by atoms with Crippen LogP contribution in [0.1, 0.15) is 5.69 Å². The molecule has 1 saturated heterocycles. The molecule has 0 amide bonds. The molecule has 2 aromatic carbocycles. The minimum Gasteiger partial charge on any atom is -0.378 e. The second kappa shape index (κ2) is 12.6. The first-order valence-electron chi connectivity index (χ1n) is 11.9. The first kappa shape index (κ1) is 25.0. The number of hydrogen-bond acceptors (Lipinski definition) is 7. The predicted octanol–water partition coefficient (Wildman–Crippen LogP) is 3.39. The predicted molar refractivity (Wildman–Crippen MR) is 147 cm³/mol. The lowest BCUT2D eigenvalue weighted by molar-refractivity contribution is 0.122. The second-order valence-electron chi connectivity index (χ2n) is 8.70. The minimum atomic E-state index is 0.726. The summed E-state index contributed by atoms with van der Waals surface area (Å²) < 4.78 is 5.54. The first-order valence-corrected chi connectivity index (χ1v) is 13.0. The van der Waals surface area contributed by atoms with Crippen LogP contribution < -0.4 is 15.5 Å². The van der Waals surface area contributed by atoms with Crippen molar-refractivity contribution in [1.82, 2.24) is 20.2 Å². The highest BCUT2D eigenvalue weighted by Gasteiger charge is 2.17. The van der Waals surface area contributed by atoms with E-state index in [0.29, 0.717) is 0 Å². The largest absolute Gasteiger partial charge is 0.378 e. The van der Waals surface area contributed by atoms with Crippen LogP contribution in [0.25, 0.3) is 11.4 Å². The molecule has 0 spiro atoms. The van der Waals surface area contributed by atoms with Crippen LogP contribution in [0.15, 0.2) is 78.0 Å². The number of thiol groups is 1. The van der Waals surface area contributed by atoms with Crippen LogP contribution in [-0.4, -0.2) is 68.4 Å². The number of hydrogen-bond donors (Lipinski definition) is 2. The molecule has 1 aliphatic rings. The Morgan fingerprint density at radius 1 is 1.06 bits per heavy atom. The lowest BCUT2D eigenvalue weighted by atomic mass is 10.2. The highest BCUT2D eigenvalue weighted by molar-refractivity contribution is 7.77. The van der Waals surface area contributed by atoms with Crippen molar-refractivity contribution in [3.8, 4) is 11.4 Å². The molecular formula is C27H35N6OS+. The Balaban J connectivity index is 1.49. The molecule has 1 fully saturated rings. The fourth-order valence-electron chi connectivity index (χ4n) is 3.70. The summed E-state index contributed by atoms with van der Waals surface area (Å²) in [6, 6.07) is 20.9. The fourth-order valence-corrected chi connectivity index (χ4v) is 4.59. The Hall–Kier alpha value is -3.07. The average Bonchev–Trinajstić information content (AvgIpc) is 2.88. The van der Waals surface area contributed by atoms with Crippen LogP contribution in [0.2, 0.25) is 0 Å². The monoisotopic (exact) mass is 491 g/mol. The Morgan fingerprint density at radius 3 is 2.51 bits per heavy atom. The first-order chi connectivity index (χ1) is 17.1. The topological polar surface area (TPSA) is 65.5 Å². The van der Waals surface area contributed by atoms with Crippen LogP contribution in [0.3, 0.4) is 0 Å². The van der Waals surface area contributed by atoms with Crippen LogP contribution in [0, 0.1) is 0 Å². The zero-order chi connectivity index (χ0) is 24.5.